The molecule has 0 saturated carbocycles. The molecule has 0 spiro atoms. The molecule has 0 heterocycles. The SMILES string of the molecule is CCCCCCCCC(=O)N(CCC)CC(=O)O. The molecular formula is C14H27NO3. The minimum Gasteiger partial charge on any atom is -0.480 e. The topological polar surface area (TPSA) is 57.6 Å². The molecule has 0 aromatic heterocycles. The normalized spacial score (nSPS) is 10.3. The molecule has 18 heavy (non-hydrogen) atoms. The first kappa shape index (κ1) is 16.9. The average molecular weight is 257 g/mol. The number of aliphatic carboxylic acids is 1. The van der Waals surface area contributed by atoms with Crippen molar-refractivity contribution >= 4 is 11.9 Å². The molecule has 1 amide bonds. The van der Waals surface area contributed by atoms with E-state index in [1.54, 1.807) is 0 Å². The summed E-state index contributed by atoms with van der Waals surface area (Å²) >= 11 is 0. The van der Waals surface area contributed by atoms with Crippen LogP contribution in [-0.2, 0) is 9.59 Å². The van der Waals surface area contributed by atoms with E-state index in [1.165, 1.54) is 30.6 Å². The van der Waals surface area contributed by atoms with Crippen molar-refractivity contribution in [2.75, 3.05) is 13.1 Å². The van der Waals surface area contributed by atoms with Crippen molar-refractivity contribution in [2.24, 2.45) is 0 Å². The summed E-state index contributed by atoms with van der Waals surface area (Å²) in [5, 5.41) is 8.73. The monoisotopic (exact) mass is 257 g/mol. The highest BCUT2D eigenvalue weighted by Crippen LogP contribution is 2.08. The van der Waals surface area contributed by atoms with Crippen molar-refractivity contribution in [3.05, 3.63) is 0 Å². The highest BCUT2D eigenvalue weighted by molar-refractivity contribution is 5.81. The van der Waals surface area contributed by atoms with Crippen LogP contribution in [0.2, 0.25) is 0 Å². The Morgan fingerprint density at radius 1 is 0.944 bits per heavy atom. The third kappa shape index (κ3) is 9.02. The number of carbonyl (C=O) groups excluding carboxylic acids is 1. The molecule has 4 nitrogen and oxygen atoms in total. The van der Waals surface area contributed by atoms with Crippen LogP contribution in [0, 0.1) is 0 Å². The van der Waals surface area contributed by atoms with Gasteiger partial charge in [0.15, 0.2) is 0 Å². The van der Waals surface area contributed by atoms with E-state index >= 15 is 0 Å². The van der Waals surface area contributed by atoms with Crippen LogP contribution in [0.3, 0.4) is 0 Å². The Balaban J connectivity index is 3.77. The van der Waals surface area contributed by atoms with Gasteiger partial charge in [-0.2, -0.15) is 0 Å². The highest BCUT2D eigenvalue weighted by atomic mass is 16.4. The van der Waals surface area contributed by atoms with E-state index in [-0.39, 0.29) is 12.5 Å². The lowest BCUT2D eigenvalue weighted by atomic mass is 10.1. The quantitative estimate of drug-likeness (QED) is 0.579. The van der Waals surface area contributed by atoms with Crippen molar-refractivity contribution in [1.82, 2.24) is 4.90 Å². The molecular weight excluding hydrogens is 230 g/mol. The average Bonchev–Trinajstić information content (AvgIpc) is 2.32. The van der Waals surface area contributed by atoms with Gasteiger partial charge in [0.05, 0.1) is 0 Å². The Bertz CT molecular complexity index is 241. The molecule has 0 rings (SSSR count). The number of unbranched alkanes of at least 4 members (excludes halogenated alkanes) is 5. The Morgan fingerprint density at radius 3 is 2.11 bits per heavy atom. The van der Waals surface area contributed by atoms with Gasteiger partial charge in [-0.25, -0.2) is 0 Å². The number of carboxylic acid groups (broad SMARTS) is 1. The molecule has 0 atom stereocenters. The van der Waals surface area contributed by atoms with Crippen molar-refractivity contribution in [3.8, 4) is 0 Å². The minimum atomic E-state index is -0.931. The van der Waals surface area contributed by atoms with Gasteiger partial charge in [0.1, 0.15) is 6.54 Å². The summed E-state index contributed by atoms with van der Waals surface area (Å²) in [4.78, 5) is 23.9. The molecule has 0 aliphatic carbocycles. The first-order valence-corrected chi connectivity index (χ1v) is 7.11. The molecule has 0 saturated heterocycles. The predicted molar refractivity (Wildman–Crippen MR) is 72.5 cm³/mol. The van der Waals surface area contributed by atoms with Gasteiger partial charge in [0.2, 0.25) is 5.91 Å². The molecule has 0 aromatic carbocycles. The van der Waals surface area contributed by atoms with Crippen LogP contribution in [0.25, 0.3) is 0 Å². The number of hydrogen-bond donors (Lipinski definition) is 1. The summed E-state index contributed by atoms with van der Waals surface area (Å²) in [6.45, 7) is 4.51. The smallest absolute Gasteiger partial charge is 0.323 e. The van der Waals surface area contributed by atoms with Crippen LogP contribution in [-0.4, -0.2) is 35.0 Å². The van der Waals surface area contributed by atoms with Crippen molar-refractivity contribution < 1.29 is 14.7 Å². The first-order chi connectivity index (χ1) is 8.61. The zero-order valence-corrected chi connectivity index (χ0v) is 11.8. The van der Waals surface area contributed by atoms with E-state index in [1.807, 2.05) is 6.92 Å². The maximum absolute atomic E-state index is 11.8. The van der Waals surface area contributed by atoms with Crippen molar-refractivity contribution in [2.45, 2.75) is 65.2 Å². The second-order valence-electron chi connectivity index (χ2n) is 4.73. The second kappa shape index (κ2) is 11.1. The summed E-state index contributed by atoms with van der Waals surface area (Å²) in [5.74, 6) is -0.950. The van der Waals surface area contributed by atoms with E-state index < -0.39 is 5.97 Å². The first-order valence-electron chi connectivity index (χ1n) is 7.11. The fraction of sp³-hybridized carbons (Fsp3) is 0.857. The standard InChI is InChI=1S/C14H27NO3/c1-3-5-6-7-8-9-10-13(16)15(11-4-2)12-14(17)18/h3-12H2,1-2H3,(H,17,18). The Morgan fingerprint density at radius 2 is 1.56 bits per heavy atom. The zero-order chi connectivity index (χ0) is 13.8. The molecule has 4 heteroatoms. The van der Waals surface area contributed by atoms with Crippen LogP contribution in [0.4, 0.5) is 0 Å². The number of carboxylic acids is 1. The van der Waals surface area contributed by atoms with Gasteiger partial charge in [-0.15, -0.1) is 0 Å². The third-order valence-corrected chi connectivity index (χ3v) is 2.92. The number of amides is 1. The van der Waals surface area contributed by atoms with Crippen LogP contribution < -0.4 is 0 Å². The van der Waals surface area contributed by atoms with E-state index in [9.17, 15) is 9.59 Å². The van der Waals surface area contributed by atoms with Crippen LogP contribution in [0.5, 0.6) is 0 Å². The number of rotatable bonds is 11. The van der Waals surface area contributed by atoms with Gasteiger partial charge in [-0.05, 0) is 12.8 Å². The number of carbonyl (C=O) groups is 2. The van der Waals surface area contributed by atoms with E-state index in [2.05, 4.69) is 6.92 Å². The van der Waals surface area contributed by atoms with Gasteiger partial charge in [-0.3, -0.25) is 9.59 Å². The molecule has 1 N–H and O–H groups in total. The van der Waals surface area contributed by atoms with Crippen molar-refractivity contribution in [3.63, 3.8) is 0 Å². The largest absolute Gasteiger partial charge is 0.480 e. The molecule has 0 aromatic rings. The summed E-state index contributed by atoms with van der Waals surface area (Å²) in [5.41, 5.74) is 0. The van der Waals surface area contributed by atoms with E-state index in [0.717, 1.165) is 19.3 Å². The Hall–Kier alpha value is -1.06. The van der Waals surface area contributed by atoms with Crippen LogP contribution in [0.1, 0.15) is 65.2 Å². The molecule has 0 radical (unpaired) electrons. The van der Waals surface area contributed by atoms with E-state index in [0.29, 0.717) is 13.0 Å². The van der Waals surface area contributed by atoms with Gasteiger partial charge in [0.25, 0.3) is 0 Å². The summed E-state index contributed by atoms with van der Waals surface area (Å²) < 4.78 is 0. The fourth-order valence-electron chi connectivity index (χ4n) is 1.94. The van der Waals surface area contributed by atoms with Gasteiger partial charge < -0.3 is 10.0 Å². The highest BCUT2D eigenvalue weighted by Gasteiger charge is 2.14. The predicted octanol–water partition coefficient (Wildman–Crippen LogP) is 3.06. The lowest BCUT2D eigenvalue weighted by Crippen LogP contribution is -2.36. The summed E-state index contributed by atoms with van der Waals surface area (Å²) in [6, 6.07) is 0. The minimum absolute atomic E-state index is 0.0188. The maximum Gasteiger partial charge on any atom is 0.323 e. The number of hydrogen-bond acceptors (Lipinski definition) is 2. The summed E-state index contributed by atoms with van der Waals surface area (Å²) in [7, 11) is 0. The van der Waals surface area contributed by atoms with Crippen LogP contribution >= 0.6 is 0 Å². The summed E-state index contributed by atoms with van der Waals surface area (Å²) in [6.07, 6.45) is 8.12. The maximum atomic E-state index is 11.8. The van der Waals surface area contributed by atoms with E-state index in [4.69, 9.17) is 5.11 Å². The second-order valence-corrected chi connectivity index (χ2v) is 4.73. The lowest BCUT2D eigenvalue weighted by molar-refractivity contribution is -0.144. The zero-order valence-electron chi connectivity index (χ0n) is 11.8. The molecule has 106 valence electrons. The van der Waals surface area contributed by atoms with Crippen LogP contribution in [0.15, 0.2) is 0 Å². The molecule has 0 unspecified atom stereocenters. The number of nitrogens with zero attached hydrogens (tertiary/aromatic N) is 1. The van der Waals surface area contributed by atoms with Gasteiger partial charge in [-0.1, -0.05) is 46.0 Å². The lowest BCUT2D eigenvalue weighted by Gasteiger charge is -2.19. The molecule has 0 bridgehead atoms. The molecule has 0 aliphatic rings. The third-order valence-electron chi connectivity index (χ3n) is 2.92. The van der Waals surface area contributed by atoms with Gasteiger partial charge >= 0.3 is 5.97 Å². The Labute approximate surface area is 110 Å². The Kier molecular flexibility index (Phi) is 10.4. The molecule has 0 fully saturated rings. The fourth-order valence-corrected chi connectivity index (χ4v) is 1.94. The van der Waals surface area contributed by atoms with Gasteiger partial charge in [0, 0.05) is 13.0 Å². The molecule has 0 aliphatic heterocycles. The van der Waals surface area contributed by atoms with Crippen molar-refractivity contribution in [1.29, 1.82) is 0 Å².